The van der Waals surface area contributed by atoms with E-state index in [4.69, 9.17) is 0 Å². The lowest BCUT2D eigenvalue weighted by Gasteiger charge is -2.24. The van der Waals surface area contributed by atoms with Gasteiger partial charge in [0.2, 0.25) is 15.9 Å². The number of carbonyl (C=O) groups is 2. The van der Waals surface area contributed by atoms with Crippen molar-refractivity contribution in [2.24, 2.45) is 0 Å². The van der Waals surface area contributed by atoms with Crippen LogP contribution in [0.3, 0.4) is 0 Å². The first-order valence-corrected chi connectivity index (χ1v) is 12.4. The first-order valence-electron chi connectivity index (χ1n) is 10.9. The van der Waals surface area contributed by atoms with Crippen molar-refractivity contribution < 1.29 is 18.0 Å². The summed E-state index contributed by atoms with van der Waals surface area (Å²) in [6.07, 6.45) is 3.36. The molecule has 2 amide bonds. The number of hydrogen-bond donors (Lipinski definition) is 3. The molecule has 0 heterocycles. The Morgan fingerprint density at radius 3 is 2.19 bits per heavy atom. The molecule has 0 atom stereocenters. The maximum absolute atomic E-state index is 12.3. The van der Waals surface area contributed by atoms with E-state index >= 15 is 0 Å². The van der Waals surface area contributed by atoms with Gasteiger partial charge in [0, 0.05) is 29.3 Å². The highest BCUT2D eigenvalue weighted by molar-refractivity contribution is 7.89. The molecule has 1 aliphatic rings. The monoisotopic (exact) mass is 457 g/mol. The Hall–Kier alpha value is -2.71. The van der Waals surface area contributed by atoms with Gasteiger partial charge in [0.15, 0.2) is 0 Å². The minimum absolute atomic E-state index is 0.0648. The van der Waals surface area contributed by atoms with Gasteiger partial charge in [-0.25, -0.2) is 13.1 Å². The van der Waals surface area contributed by atoms with Gasteiger partial charge < -0.3 is 10.6 Å². The van der Waals surface area contributed by atoms with Crippen molar-refractivity contribution in [3.8, 4) is 0 Å². The van der Waals surface area contributed by atoms with Crippen LogP contribution in [0.15, 0.2) is 53.4 Å². The molecule has 32 heavy (non-hydrogen) atoms. The first kappa shape index (κ1) is 23.9. The van der Waals surface area contributed by atoms with Gasteiger partial charge in [-0.1, -0.05) is 19.1 Å². The molecule has 1 saturated carbocycles. The Balaban J connectivity index is 1.49. The highest BCUT2D eigenvalue weighted by Crippen LogP contribution is 2.22. The van der Waals surface area contributed by atoms with E-state index in [0.29, 0.717) is 17.7 Å². The third-order valence-electron chi connectivity index (χ3n) is 5.54. The summed E-state index contributed by atoms with van der Waals surface area (Å²) in [5.74, 6) is -0.297. The van der Waals surface area contributed by atoms with E-state index in [1.165, 1.54) is 0 Å². The molecule has 172 valence electrons. The zero-order valence-electron chi connectivity index (χ0n) is 18.8. The van der Waals surface area contributed by atoms with Crippen molar-refractivity contribution in [2.75, 3.05) is 5.32 Å². The van der Waals surface area contributed by atoms with Crippen LogP contribution >= 0.6 is 0 Å². The first-order chi connectivity index (χ1) is 15.1. The molecule has 2 aromatic rings. The number of rotatable bonds is 10. The van der Waals surface area contributed by atoms with Crippen LogP contribution in [0.1, 0.15) is 62.4 Å². The quantitative estimate of drug-likeness (QED) is 0.507. The molecule has 0 aliphatic heterocycles. The lowest BCUT2D eigenvalue weighted by atomic mass is 10.0. The van der Waals surface area contributed by atoms with Gasteiger partial charge in [-0.3, -0.25) is 9.59 Å². The fraction of sp³-hybridized carbons (Fsp3) is 0.417. The molecule has 0 radical (unpaired) electrons. The van der Waals surface area contributed by atoms with Crippen molar-refractivity contribution in [1.29, 1.82) is 0 Å². The van der Waals surface area contributed by atoms with Gasteiger partial charge >= 0.3 is 0 Å². The fourth-order valence-electron chi connectivity index (χ4n) is 2.98. The normalized spacial score (nSPS) is 14.1. The van der Waals surface area contributed by atoms with Crippen molar-refractivity contribution >= 4 is 27.5 Å². The van der Waals surface area contributed by atoms with Crippen LogP contribution in [0.5, 0.6) is 0 Å². The van der Waals surface area contributed by atoms with Crippen molar-refractivity contribution in [3.05, 3.63) is 59.7 Å². The van der Waals surface area contributed by atoms with E-state index < -0.39 is 10.0 Å². The molecule has 3 N–H and O–H groups in total. The number of sulfonamides is 1. The van der Waals surface area contributed by atoms with Crippen LogP contribution in [0.2, 0.25) is 0 Å². The summed E-state index contributed by atoms with van der Waals surface area (Å²) in [5, 5.41) is 5.80. The third-order valence-corrected chi connectivity index (χ3v) is 7.08. The predicted molar refractivity (Wildman–Crippen MR) is 125 cm³/mol. The standard InChI is InChI=1S/C24H31N3O4S/c1-4-24(2,3)26-23(29)18-8-10-19(11-9-18)25-22(28)16-7-17-5-14-21(15-6-17)32(30,31)27-20-12-13-20/h5-6,8-11,14-15,20,27H,4,7,12-13,16H2,1-3H3,(H,25,28)(H,26,29). The third kappa shape index (κ3) is 6.90. The number of hydrogen-bond acceptors (Lipinski definition) is 4. The van der Waals surface area contributed by atoms with Crippen LogP contribution in [0, 0.1) is 0 Å². The summed E-state index contributed by atoms with van der Waals surface area (Å²) in [7, 11) is -3.47. The van der Waals surface area contributed by atoms with E-state index in [1.54, 1.807) is 48.5 Å². The molecule has 1 aliphatic carbocycles. The molecule has 0 bridgehead atoms. The van der Waals surface area contributed by atoms with Crippen molar-refractivity contribution in [3.63, 3.8) is 0 Å². The Bertz CT molecular complexity index is 1060. The van der Waals surface area contributed by atoms with Crippen LogP contribution in [0.4, 0.5) is 5.69 Å². The maximum Gasteiger partial charge on any atom is 0.251 e. The number of amides is 2. The van der Waals surface area contributed by atoms with Crippen molar-refractivity contribution in [1.82, 2.24) is 10.0 Å². The smallest absolute Gasteiger partial charge is 0.251 e. The second-order valence-corrected chi connectivity index (χ2v) is 10.6. The predicted octanol–water partition coefficient (Wildman–Crippen LogP) is 3.62. The van der Waals surface area contributed by atoms with Crippen molar-refractivity contribution in [2.45, 2.75) is 69.4 Å². The second-order valence-electron chi connectivity index (χ2n) is 8.86. The van der Waals surface area contributed by atoms with Gasteiger partial charge in [0.05, 0.1) is 4.90 Å². The summed E-state index contributed by atoms with van der Waals surface area (Å²) in [6.45, 7) is 5.95. The van der Waals surface area contributed by atoms with Gasteiger partial charge in [-0.05, 0) is 81.5 Å². The van der Waals surface area contributed by atoms with Crippen LogP contribution < -0.4 is 15.4 Å². The molecule has 2 aromatic carbocycles. The molecule has 8 heteroatoms. The zero-order valence-corrected chi connectivity index (χ0v) is 19.6. The summed E-state index contributed by atoms with van der Waals surface area (Å²) in [4.78, 5) is 24.8. The Morgan fingerprint density at radius 1 is 1.00 bits per heavy atom. The summed E-state index contributed by atoms with van der Waals surface area (Å²) in [5.41, 5.74) is 1.76. The number of nitrogens with one attached hydrogen (secondary N) is 3. The van der Waals surface area contributed by atoms with E-state index in [9.17, 15) is 18.0 Å². The largest absolute Gasteiger partial charge is 0.347 e. The Labute approximate surface area is 190 Å². The second kappa shape index (κ2) is 9.83. The minimum Gasteiger partial charge on any atom is -0.347 e. The minimum atomic E-state index is -3.47. The maximum atomic E-state index is 12.3. The Kier molecular flexibility index (Phi) is 7.36. The van der Waals surface area contributed by atoms with Crippen LogP contribution in [-0.2, 0) is 21.2 Å². The molecule has 1 fully saturated rings. The fourth-order valence-corrected chi connectivity index (χ4v) is 4.28. The average molecular weight is 458 g/mol. The average Bonchev–Trinajstić information content (AvgIpc) is 3.56. The molecular formula is C24H31N3O4S. The molecule has 0 spiro atoms. The highest BCUT2D eigenvalue weighted by atomic mass is 32.2. The van der Waals surface area contributed by atoms with E-state index in [2.05, 4.69) is 15.4 Å². The molecule has 0 unspecified atom stereocenters. The molecule has 3 rings (SSSR count). The number of carbonyl (C=O) groups excluding carboxylic acids is 2. The molecule has 7 nitrogen and oxygen atoms in total. The summed E-state index contributed by atoms with van der Waals surface area (Å²) >= 11 is 0. The van der Waals surface area contributed by atoms with Gasteiger partial charge in [0.25, 0.3) is 5.91 Å². The van der Waals surface area contributed by atoms with E-state index in [-0.39, 0.29) is 34.7 Å². The van der Waals surface area contributed by atoms with E-state index in [0.717, 1.165) is 24.8 Å². The zero-order chi connectivity index (χ0) is 23.4. The molecular weight excluding hydrogens is 426 g/mol. The lowest BCUT2D eigenvalue weighted by Crippen LogP contribution is -2.42. The van der Waals surface area contributed by atoms with Crippen LogP contribution in [-0.4, -0.2) is 31.8 Å². The Morgan fingerprint density at radius 2 is 1.62 bits per heavy atom. The SMILES string of the molecule is CCC(C)(C)NC(=O)c1ccc(NC(=O)CCc2ccc(S(=O)(=O)NC3CC3)cc2)cc1. The van der Waals surface area contributed by atoms with Gasteiger partial charge in [0.1, 0.15) is 0 Å². The van der Waals surface area contributed by atoms with Gasteiger partial charge in [-0.15, -0.1) is 0 Å². The number of benzene rings is 2. The van der Waals surface area contributed by atoms with Crippen LogP contribution in [0.25, 0.3) is 0 Å². The lowest BCUT2D eigenvalue weighted by molar-refractivity contribution is -0.116. The van der Waals surface area contributed by atoms with Gasteiger partial charge in [-0.2, -0.15) is 0 Å². The molecule has 0 saturated heterocycles. The number of anilines is 1. The number of aryl methyl sites for hydroxylation is 1. The molecule has 0 aromatic heterocycles. The topological polar surface area (TPSA) is 104 Å². The highest BCUT2D eigenvalue weighted by Gasteiger charge is 2.27. The summed E-state index contributed by atoms with van der Waals surface area (Å²) < 4.78 is 27.1. The summed E-state index contributed by atoms with van der Waals surface area (Å²) in [6, 6.07) is 13.5. The van der Waals surface area contributed by atoms with E-state index in [1.807, 2.05) is 20.8 Å².